The van der Waals surface area contributed by atoms with Crippen LogP contribution in [0.2, 0.25) is 0 Å². The summed E-state index contributed by atoms with van der Waals surface area (Å²) in [6.45, 7) is 6.35. The van der Waals surface area contributed by atoms with Crippen LogP contribution in [0.3, 0.4) is 0 Å². The van der Waals surface area contributed by atoms with Gasteiger partial charge in [-0.1, -0.05) is 90.9 Å². The van der Waals surface area contributed by atoms with Gasteiger partial charge in [0.1, 0.15) is 12.7 Å². The number of unbranched alkanes of at least 4 members (excludes halogenated alkanes) is 12. The predicted molar refractivity (Wildman–Crippen MR) is 112 cm³/mol. The van der Waals surface area contributed by atoms with Crippen LogP contribution in [0.15, 0.2) is 0 Å². The van der Waals surface area contributed by atoms with Crippen molar-refractivity contribution in [3.8, 4) is 0 Å². The summed E-state index contributed by atoms with van der Waals surface area (Å²) < 4.78 is 10.5. The molecule has 0 spiro atoms. The monoisotopic (exact) mass is 384 g/mol. The summed E-state index contributed by atoms with van der Waals surface area (Å²) in [6, 6.07) is 0. The van der Waals surface area contributed by atoms with Gasteiger partial charge in [0, 0.05) is 12.8 Å². The van der Waals surface area contributed by atoms with Crippen molar-refractivity contribution < 1.29 is 19.1 Å². The minimum absolute atomic E-state index is 0.165. The van der Waals surface area contributed by atoms with E-state index in [2.05, 4.69) is 13.8 Å². The average molecular weight is 385 g/mol. The molecule has 0 aliphatic carbocycles. The molecule has 4 nitrogen and oxygen atoms in total. The molecular formula is C23H44O4. The van der Waals surface area contributed by atoms with Crippen LogP contribution in [0.25, 0.3) is 0 Å². The minimum atomic E-state index is -0.361. The fraction of sp³-hybridized carbons (Fsp3) is 0.913. The second-order valence-electron chi connectivity index (χ2n) is 7.73. The maximum Gasteiger partial charge on any atom is 0.306 e. The topological polar surface area (TPSA) is 52.6 Å². The number of ether oxygens (including phenoxy) is 2. The van der Waals surface area contributed by atoms with E-state index in [1.807, 2.05) is 0 Å². The van der Waals surface area contributed by atoms with Crippen LogP contribution in [0.5, 0.6) is 0 Å². The molecule has 160 valence electrons. The van der Waals surface area contributed by atoms with E-state index in [1.165, 1.54) is 64.2 Å². The number of hydrogen-bond donors (Lipinski definition) is 0. The van der Waals surface area contributed by atoms with E-state index in [4.69, 9.17) is 9.47 Å². The molecule has 27 heavy (non-hydrogen) atoms. The molecule has 4 heteroatoms. The van der Waals surface area contributed by atoms with Crippen molar-refractivity contribution >= 4 is 11.9 Å². The van der Waals surface area contributed by atoms with Gasteiger partial charge in [-0.05, 0) is 19.8 Å². The van der Waals surface area contributed by atoms with Gasteiger partial charge in [-0.25, -0.2) is 0 Å². The summed E-state index contributed by atoms with van der Waals surface area (Å²) in [5.74, 6) is -0.366. The first-order valence-electron chi connectivity index (χ1n) is 11.4. The third-order valence-electron chi connectivity index (χ3n) is 4.78. The summed E-state index contributed by atoms with van der Waals surface area (Å²) in [4.78, 5) is 23.5. The van der Waals surface area contributed by atoms with E-state index in [0.717, 1.165) is 25.7 Å². The van der Waals surface area contributed by atoms with Crippen LogP contribution in [-0.4, -0.2) is 24.6 Å². The Morgan fingerprint density at radius 3 is 1.52 bits per heavy atom. The van der Waals surface area contributed by atoms with E-state index < -0.39 is 0 Å². The van der Waals surface area contributed by atoms with Gasteiger partial charge < -0.3 is 9.47 Å². The van der Waals surface area contributed by atoms with E-state index in [9.17, 15) is 9.59 Å². The van der Waals surface area contributed by atoms with Gasteiger partial charge in [-0.15, -0.1) is 0 Å². The lowest BCUT2D eigenvalue weighted by molar-refractivity contribution is -0.158. The van der Waals surface area contributed by atoms with Gasteiger partial charge >= 0.3 is 11.9 Å². The molecule has 0 heterocycles. The van der Waals surface area contributed by atoms with E-state index in [0.29, 0.717) is 12.8 Å². The minimum Gasteiger partial charge on any atom is -0.462 e. The Bertz CT molecular complexity index is 354. The Balaban J connectivity index is 3.48. The van der Waals surface area contributed by atoms with E-state index in [1.54, 1.807) is 6.92 Å². The van der Waals surface area contributed by atoms with Crippen molar-refractivity contribution in [3.63, 3.8) is 0 Å². The number of hydrogen-bond acceptors (Lipinski definition) is 4. The third kappa shape index (κ3) is 19.5. The Kier molecular flexibility index (Phi) is 18.9. The molecule has 0 N–H and O–H groups in total. The summed E-state index contributed by atoms with van der Waals surface area (Å²) in [5.41, 5.74) is 0. The van der Waals surface area contributed by atoms with Crippen LogP contribution in [-0.2, 0) is 19.1 Å². The third-order valence-corrected chi connectivity index (χ3v) is 4.78. The standard InChI is InChI=1S/C23H44O4/c1-4-6-8-10-11-12-13-15-16-18-22(24)26-20-21(3)27-23(25)19-17-14-9-7-5-2/h21H,4-20H2,1-3H3/t21-/m0/s1. The highest BCUT2D eigenvalue weighted by Crippen LogP contribution is 2.11. The zero-order valence-corrected chi connectivity index (χ0v) is 18.2. The van der Waals surface area contributed by atoms with Gasteiger partial charge in [-0.3, -0.25) is 9.59 Å². The lowest BCUT2D eigenvalue weighted by atomic mass is 10.1. The molecule has 0 aromatic rings. The Hall–Kier alpha value is -1.06. The molecule has 0 unspecified atom stereocenters. The zero-order valence-electron chi connectivity index (χ0n) is 18.2. The molecule has 0 saturated carbocycles. The molecule has 0 aliphatic rings. The normalized spacial score (nSPS) is 12.0. The van der Waals surface area contributed by atoms with Crippen LogP contribution >= 0.6 is 0 Å². The van der Waals surface area contributed by atoms with Crippen molar-refractivity contribution in [2.75, 3.05) is 6.61 Å². The molecule has 0 amide bonds. The predicted octanol–water partition coefficient (Wildman–Crippen LogP) is 6.74. The summed E-state index contributed by atoms with van der Waals surface area (Å²) in [6.07, 6.45) is 17.2. The quantitative estimate of drug-likeness (QED) is 0.183. The van der Waals surface area contributed by atoms with Crippen molar-refractivity contribution in [3.05, 3.63) is 0 Å². The van der Waals surface area contributed by atoms with Crippen LogP contribution in [0.4, 0.5) is 0 Å². The van der Waals surface area contributed by atoms with Crippen LogP contribution in [0.1, 0.15) is 124 Å². The summed E-state index contributed by atoms with van der Waals surface area (Å²) in [5, 5.41) is 0. The molecular weight excluding hydrogens is 340 g/mol. The number of carbonyl (C=O) groups excluding carboxylic acids is 2. The molecule has 0 bridgehead atoms. The van der Waals surface area contributed by atoms with E-state index in [-0.39, 0.29) is 24.6 Å². The lowest BCUT2D eigenvalue weighted by Crippen LogP contribution is -2.22. The molecule has 0 saturated heterocycles. The van der Waals surface area contributed by atoms with Gasteiger partial charge in [0.25, 0.3) is 0 Å². The SMILES string of the molecule is CCCCCCCCCCCC(=O)OC[C@H](C)OC(=O)CCCCCCC. The number of esters is 2. The average Bonchev–Trinajstić information content (AvgIpc) is 2.65. The van der Waals surface area contributed by atoms with Gasteiger partial charge in [0.05, 0.1) is 0 Å². The Morgan fingerprint density at radius 2 is 1.04 bits per heavy atom. The van der Waals surface area contributed by atoms with Crippen molar-refractivity contribution in [1.82, 2.24) is 0 Å². The Labute approximate surface area is 167 Å². The molecule has 0 aromatic heterocycles. The maximum absolute atomic E-state index is 11.8. The van der Waals surface area contributed by atoms with Crippen molar-refractivity contribution in [2.45, 2.75) is 130 Å². The lowest BCUT2D eigenvalue weighted by Gasteiger charge is -2.13. The molecule has 0 radical (unpaired) electrons. The first kappa shape index (κ1) is 25.9. The van der Waals surface area contributed by atoms with E-state index >= 15 is 0 Å². The number of carbonyl (C=O) groups is 2. The summed E-state index contributed by atoms with van der Waals surface area (Å²) >= 11 is 0. The molecule has 0 rings (SSSR count). The fourth-order valence-corrected chi connectivity index (χ4v) is 3.05. The highest BCUT2D eigenvalue weighted by molar-refractivity contribution is 5.70. The molecule has 0 fully saturated rings. The van der Waals surface area contributed by atoms with Crippen LogP contribution < -0.4 is 0 Å². The summed E-state index contributed by atoms with van der Waals surface area (Å²) in [7, 11) is 0. The van der Waals surface area contributed by atoms with Crippen LogP contribution in [0, 0.1) is 0 Å². The van der Waals surface area contributed by atoms with Crippen molar-refractivity contribution in [2.24, 2.45) is 0 Å². The maximum atomic E-state index is 11.8. The largest absolute Gasteiger partial charge is 0.462 e. The Morgan fingerprint density at radius 1 is 0.630 bits per heavy atom. The first-order chi connectivity index (χ1) is 13.1. The smallest absolute Gasteiger partial charge is 0.306 e. The second-order valence-corrected chi connectivity index (χ2v) is 7.73. The van der Waals surface area contributed by atoms with Gasteiger partial charge in [0.2, 0.25) is 0 Å². The second kappa shape index (κ2) is 19.7. The van der Waals surface area contributed by atoms with Crippen molar-refractivity contribution in [1.29, 1.82) is 0 Å². The van der Waals surface area contributed by atoms with Gasteiger partial charge in [-0.2, -0.15) is 0 Å². The molecule has 1 atom stereocenters. The van der Waals surface area contributed by atoms with Gasteiger partial charge in [0.15, 0.2) is 0 Å². The highest BCUT2D eigenvalue weighted by atomic mass is 16.6. The fourth-order valence-electron chi connectivity index (χ4n) is 3.05. The molecule has 0 aromatic carbocycles. The zero-order chi connectivity index (χ0) is 20.2. The highest BCUT2D eigenvalue weighted by Gasteiger charge is 2.12. The first-order valence-corrected chi connectivity index (χ1v) is 11.4. The number of rotatable bonds is 19. The molecule has 0 aliphatic heterocycles.